The van der Waals surface area contributed by atoms with E-state index in [-0.39, 0.29) is 5.91 Å². The molecule has 0 atom stereocenters. The van der Waals surface area contributed by atoms with Crippen molar-refractivity contribution in [3.8, 4) is 0 Å². The molecule has 3 rings (SSSR count). The molecule has 0 aliphatic rings. The maximum absolute atomic E-state index is 12.7. The third-order valence-corrected chi connectivity index (χ3v) is 3.90. The van der Waals surface area contributed by atoms with Gasteiger partial charge >= 0.3 is 0 Å². The summed E-state index contributed by atoms with van der Waals surface area (Å²) >= 11 is 0. The monoisotopic (exact) mass is 338 g/mol. The Hall–Kier alpha value is -2.93. The van der Waals surface area contributed by atoms with Gasteiger partial charge in [0.2, 0.25) is 5.95 Å². The van der Waals surface area contributed by atoms with E-state index in [9.17, 15) is 4.79 Å². The summed E-state index contributed by atoms with van der Waals surface area (Å²) < 4.78 is 3.64. The fourth-order valence-corrected chi connectivity index (χ4v) is 2.77. The van der Waals surface area contributed by atoms with Gasteiger partial charge in [-0.25, -0.2) is 4.98 Å². The summed E-state index contributed by atoms with van der Waals surface area (Å²) in [4.78, 5) is 17.3. The molecule has 0 saturated carbocycles. The standard InChI is InChI=1S/C18H22N6O/c1-3-24-16(12-13(2)22-24)17(25)21-18-20-14-8-4-5-9-15(14)23(18)11-7-6-10-19/h4-9,12H,3,10-11,19H2,1-2H3,(H,20,21,25)/b7-6+. The van der Waals surface area contributed by atoms with Gasteiger partial charge in [0.25, 0.3) is 5.91 Å². The van der Waals surface area contributed by atoms with Crippen molar-refractivity contribution >= 4 is 22.9 Å². The lowest BCUT2D eigenvalue weighted by Crippen LogP contribution is -2.19. The molecule has 0 aliphatic carbocycles. The molecular weight excluding hydrogens is 316 g/mol. The number of rotatable bonds is 6. The number of anilines is 1. The van der Waals surface area contributed by atoms with Gasteiger partial charge in [-0.15, -0.1) is 0 Å². The highest BCUT2D eigenvalue weighted by Gasteiger charge is 2.17. The van der Waals surface area contributed by atoms with Gasteiger partial charge in [-0.2, -0.15) is 5.10 Å². The molecule has 0 fully saturated rings. The second-order valence-electron chi connectivity index (χ2n) is 5.68. The largest absolute Gasteiger partial charge is 0.327 e. The minimum Gasteiger partial charge on any atom is -0.327 e. The van der Waals surface area contributed by atoms with Gasteiger partial charge in [-0.1, -0.05) is 24.3 Å². The van der Waals surface area contributed by atoms with Crippen LogP contribution in [0.5, 0.6) is 0 Å². The number of nitrogens with zero attached hydrogens (tertiary/aromatic N) is 4. The molecule has 2 heterocycles. The van der Waals surface area contributed by atoms with Gasteiger partial charge in [-0.3, -0.25) is 14.8 Å². The van der Waals surface area contributed by atoms with Crippen LogP contribution in [0.15, 0.2) is 42.5 Å². The van der Waals surface area contributed by atoms with Gasteiger partial charge in [0, 0.05) is 19.6 Å². The number of hydrogen-bond donors (Lipinski definition) is 2. The fraction of sp³-hybridized carbons (Fsp3) is 0.278. The van der Waals surface area contributed by atoms with Crippen LogP contribution in [0.3, 0.4) is 0 Å². The van der Waals surface area contributed by atoms with Crippen LogP contribution < -0.4 is 11.1 Å². The van der Waals surface area contributed by atoms with Crippen molar-refractivity contribution in [1.29, 1.82) is 0 Å². The molecule has 0 radical (unpaired) electrons. The third-order valence-electron chi connectivity index (χ3n) is 3.90. The van der Waals surface area contributed by atoms with Crippen LogP contribution in [-0.2, 0) is 13.1 Å². The van der Waals surface area contributed by atoms with E-state index in [0.717, 1.165) is 16.7 Å². The number of nitrogens with two attached hydrogens (primary N) is 1. The summed E-state index contributed by atoms with van der Waals surface area (Å²) in [5.74, 6) is 0.288. The van der Waals surface area contributed by atoms with Crippen LogP contribution in [0.4, 0.5) is 5.95 Å². The van der Waals surface area contributed by atoms with Crippen LogP contribution in [0.2, 0.25) is 0 Å². The van der Waals surface area contributed by atoms with Gasteiger partial charge in [0.05, 0.1) is 16.7 Å². The molecule has 3 N–H and O–H groups in total. The highest BCUT2D eigenvalue weighted by atomic mass is 16.2. The zero-order valence-corrected chi connectivity index (χ0v) is 14.4. The molecule has 25 heavy (non-hydrogen) atoms. The minimum atomic E-state index is -0.221. The molecule has 130 valence electrons. The van der Waals surface area contributed by atoms with Gasteiger partial charge < -0.3 is 10.3 Å². The first-order chi connectivity index (χ1) is 12.1. The van der Waals surface area contributed by atoms with Gasteiger partial charge in [-0.05, 0) is 32.0 Å². The smallest absolute Gasteiger partial charge is 0.276 e. The molecule has 0 aliphatic heterocycles. The molecule has 2 aromatic heterocycles. The Kier molecular flexibility index (Phi) is 4.95. The zero-order chi connectivity index (χ0) is 17.8. The Labute approximate surface area is 146 Å². The van der Waals surface area contributed by atoms with Crippen molar-refractivity contribution in [2.24, 2.45) is 5.73 Å². The summed E-state index contributed by atoms with van der Waals surface area (Å²) in [6, 6.07) is 9.56. The maximum atomic E-state index is 12.7. The molecule has 1 aromatic carbocycles. The Balaban J connectivity index is 1.95. The van der Waals surface area contributed by atoms with E-state index in [1.165, 1.54) is 0 Å². The molecule has 0 bridgehead atoms. The minimum absolute atomic E-state index is 0.221. The van der Waals surface area contributed by atoms with Gasteiger partial charge in [0.15, 0.2) is 0 Å². The topological polar surface area (TPSA) is 90.8 Å². The number of aryl methyl sites for hydroxylation is 2. The number of fused-ring (bicyclic) bond motifs is 1. The fourth-order valence-electron chi connectivity index (χ4n) is 2.77. The molecule has 0 spiro atoms. The zero-order valence-electron chi connectivity index (χ0n) is 14.4. The Morgan fingerprint density at radius 1 is 1.32 bits per heavy atom. The molecule has 3 aromatic rings. The van der Waals surface area contributed by atoms with E-state index in [2.05, 4.69) is 15.4 Å². The van der Waals surface area contributed by atoms with E-state index in [4.69, 9.17) is 5.73 Å². The van der Waals surface area contributed by atoms with E-state index in [1.54, 1.807) is 10.7 Å². The lowest BCUT2D eigenvalue weighted by molar-refractivity contribution is 0.101. The molecule has 1 amide bonds. The van der Waals surface area contributed by atoms with Crippen molar-refractivity contribution in [2.75, 3.05) is 11.9 Å². The molecule has 7 heteroatoms. The lowest BCUT2D eigenvalue weighted by atomic mass is 10.3. The van der Waals surface area contributed by atoms with Crippen LogP contribution in [-0.4, -0.2) is 31.8 Å². The molecular formula is C18H22N6O. The second-order valence-corrected chi connectivity index (χ2v) is 5.68. The lowest BCUT2D eigenvalue weighted by Gasteiger charge is -2.09. The van der Waals surface area contributed by atoms with Crippen molar-refractivity contribution in [2.45, 2.75) is 26.9 Å². The summed E-state index contributed by atoms with van der Waals surface area (Å²) in [5, 5.41) is 7.24. The van der Waals surface area contributed by atoms with E-state index >= 15 is 0 Å². The summed E-state index contributed by atoms with van der Waals surface area (Å²) in [7, 11) is 0. The van der Waals surface area contributed by atoms with Gasteiger partial charge in [0.1, 0.15) is 5.69 Å². The predicted octanol–water partition coefficient (Wildman–Crippen LogP) is 2.33. The number of nitrogens with one attached hydrogen (secondary N) is 1. The maximum Gasteiger partial charge on any atom is 0.276 e. The number of aromatic nitrogens is 4. The predicted molar refractivity (Wildman–Crippen MR) is 98.5 cm³/mol. The first-order valence-electron chi connectivity index (χ1n) is 8.30. The normalized spacial score (nSPS) is 11.5. The van der Waals surface area contributed by atoms with E-state index < -0.39 is 0 Å². The number of carbonyl (C=O) groups is 1. The van der Waals surface area contributed by atoms with Crippen LogP contribution in [0, 0.1) is 6.92 Å². The second kappa shape index (κ2) is 7.31. The highest BCUT2D eigenvalue weighted by Crippen LogP contribution is 2.20. The average molecular weight is 338 g/mol. The molecule has 7 nitrogen and oxygen atoms in total. The molecule has 0 unspecified atom stereocenters. The number of carbonyl (C=O) groups excluding carboxylic acids is 1. The number of allylic oxidation sites excluding steroid dienone is 1. The quantitative estimate of drug-likeness (QED) is 0.675. The average Bonchev–Trinajstić information content (AvgIpc) is 3.15. The van der Waals surface area contributed by atoms with E-state index in [0.29, 0.717) is 31.3 Å². The summed E-state index contributed by atoms with van der Waals surface area (Å²) in [6.07, 6.45) is 3.85. The van der Waals surface area contributed by atoms with Crippen LogP contribution in [0.1, 0.15) is 23.1 Å². The summed E-state index contributed by atoms with van der Waals surface area (Å²) in [5.41, 5.74) is 8.64. The third kappa shape index (κ3) is 3.46. The van der Waals surface area contributed by atoms with Crippen LogP contribution in [0.25, 0.3) is 11.0 Å². The molecule has 0 saturated heterocycles. The Bertz CT molecular complexity index is 921. The van der Waals surface area contributed by atoms with E-state index in [1.807, 2.05) is 54.8 Å². The SMILES string of the molecule is CCn1nc(C)cc1C(=O)Nc1nc2ccccc2n1C/C=C/CN. The Morgan fingerprint density at radius 3 is 2.88 bits per heavy atom. The number of imidazole rings is 1. The Morgan fingerprint density at radius 2 is 2.12 bits per heavy atom. The number of hydrogen-bond acceptors (Lipinski definition) is 4. The van der Waals surface area contributed by atoms with Crippen molar-refractivity contribution in [3.05, 3.63) is 53.9 Å². The number of para-hydroxylation sites is 2. The first kappa shape index (κ1) is 16.9. The summed E-state index contributed by atoms with van der Waals surface area (Å²) in [6.45, 7) is 5.51. The number of benzene rings is 1. The van der Waals surface area contributed by atoms with Crippen molar-refractivity contribution in [3.63, 3.8) is 0 Å². The first-order valence-corrected chi connectivity index (χ1v) is 8.30. The highest BCUT2D eigenvalue weighted by molar-refractivity contribution is 6.03. The van der Waals surface area contributed by atoms with Crippen molar-refractivity contribution < 1.29 is 4.79 Å². The van der Waals surface area contributed by atoms with Crippen molar-refractivity contribution in [1.82, 2.24) is 19.3 Å². The number of amides is 1. The van der Waals surface area contributed by atoms with Crippen LogP contribution >= 0.6 is 0 Å².